The molecule has 1 aliphatic heterocycles. The third-order valence-corrected chi connectivity index (χ3v) is 4.97. The molecule has 0 spiro atoms. The van der Waals surface area contributed by atoms with E-state index in [1.54, 1.807) is 7.11 Å². The molecule has 2 rings (SSSR count). The fourth-order valence-corrected chi connectivity index (χ4v) is 3.12. The summed E-state index contributed by atoms with van der Waals surface area (Å²) in [7, 11) is 1.75. The molecule has 1 heterocycles. The number of rotatable bonds is 7. The van der Waals surface area contributed by atoms with Crippen LogP contribution in [0.2, 0.25) is 0 Å². The van der Waals surface area contributed by atoms with Crippen LogP contribution >= 0.6 is 0 Å². The van der Waals surface area contributed by atoms with Crippen LogP contribution in [0.1, 0.15) is 40.5 Å². The fraction of sp³-hybridized carbons (Fsp3) is 0.895. The van der Waals surface area contributed by atoms with Gasteiger partial charge in [-0.2, -0.15) is 0 Å². The zero-order chi connectivity index (χ0) is 19.2. The summed E-state index contributed by atoms with van der Waals surface area (Å²) in [5, 5.41) is 6.46. The van der Waals surface area contributed by atoms with E-state index >= 15 is 0 Å². The molecule has 1 saturated heterocycles. The smallest absolute Gasteiger partial charge is 0.234 e. The molecular formula is C19H37N5O2. The van der Waals surface area contributed by atoms with Crippen molar-refractivity contribution in [1.82, 2.24) is 20.4 Å². The first-order valence-corrected chi connectivity index (χ1v) is 9.91. The highest BCUT2D eigenvalue weighted by Crippen LogP contribution is 2.22. The summed E-state index contributed by atoms with van der Waals surface area (Å²) in [4.78, 5) is 21.3. The van der Waals surface area contributed by atoms with Crippen LogP contribution in [0.4, 0.5) is 0 Å². The molecule has 7 nitrogen and oxygen atoms in total. The van der Waals surface area contributed by atoms with Gasteiger partial charge >= 0.3 is 0 Å². The molecule has 1 atom stereocenters. The van der Waals surface area contributed by atoms with E-state index in [4.69, 9.17) is 9.73 Å². The van der Waals surface area contributed by atoms with E-state index in [2.05, 4.69) is 48.1 Å². The Morgan fingerprint density at radius 1 is 1.23 bits per heavy atom. The van der Waals surface area contributed by atoms with Gasteiger partial charge in [-0.1, -0.05) is 20.8 Å². The number of amides is 1. The van der Waals surface area contributed by atoms with Gasteiger partial charge in [0.1, 0.15) is 0 Å². The SMILES string of the molecule is CCNC(=NCC(OC)C(C)(C)C)N1CCN(CC(=O)NC2CC2)CC1. The third kappa shape index (κ3) is 6.76. The number of guanidine groups is 1. The summed E-state index contributed by atoms with van der Waals surface area (Å²) in [5.74, 6) is 1.11. The molecule has 0 bridgehead atoms. The van der Waals surface area contributed by atoms with Crippen molar-refractivity contribution in [2.45, 2.75) is 52.7 Å². The summed E-state index contributed by atoms with van der Waals surface area (Å²) in [5.41, 5.74) is 0.0587. The Bertz CT molecular complexity index is 477. The summed E-state index contributed by atoms with van der Waals surface area (Å²) < 4.78 is 5.62. The Kier molecular flexibility index (Phi) is 7.70. The van der Waals surface area contributed by atoms with Gasteiger partial charge in [-0.15, -0.1) is 0 Å². The van der Waals surface area contributed by atoms with Crippen molar-refractivity contribution < 1.29 is 9.53 Å². The monoisotopic (exact) mass is 367 g/mol. The molecule has 1 amide bonds. The average molecular weight is 368 g/mol. The molecular weight excluding hydrogens is 330 g/mol. The summed E-state index contributed by atoms with van der Waals surface area (Å²) in [6.45, 7) is 14.2. The van der Waals surface area contributed by atoms with Gasteiger partial charge in [-0.3, -0.25) is 14.7 Å². The predicted octanol–water partition coefficient (Wildman–Crippen LogP) is 0.909. The topological polar surface area (TPSA) is 69.2 Å². The van der Waals surface area contributed by atoms with Gasteiger partial charge in [0.15, 0.2) is 5.96 Å². The van der Waals surface area contributed by atoms with Crippen molar-refractivity contribution in [3.05, 3.63) is 0 Å². The summed E-state index contributed by atoms with van der Waals surface area (Å²) in [6, 6.07) is 0.438. The Labute approximate surface area is 158 Å². The largest absolute Gasteiger partial charge is 0.379 e. The molecule has 0 aromatic carbocycles. The molecule has 0 aromatic heterocycles. The van der Waals surface area contributed by atoms with E-state index < -0.39 is 0 Å². The van der Waals surface area contributed by atoms with Crippen molar-refractivity contribution >= 4 is 11.9 Å². The van der Waals surface area contributed by atoms with Gasteiger partial charge in [0.05, 0.1) is 19.2 Å². The zero-order valence-electron chi connectivity index (χ0n) is 17.2. The van der Waals surface area contributed by atoms with E-state index in [1.165, 1.54) is 0 Å². The lowest BCUT2D eigenvalue weighted by Crippen LogP contribution is -2.54. The maximum atomic E-state index is 12.0. The number of nitrogens with one attached hydrogen (secondary N) is 2. The fourth-order valence-electron chi connectivity index (χ4n) is 3.12. The van der Waals surface area contributed by atoms with Crippen molar-refractivity contribution in [2.75, 3.05) is 52.9 Å². The lowest BCUT2D eigenvalue weighted by molar-refractivity contribution is -0.122. The highest BCUT2D eigenvalue weighted by Gasteiger charge is 2.27. The maximum absolute atomic E-state index is 12.0. The van der Waals surface area contributed by atoms with E-state index in [9.17, 15) is 4.79 Å². The second-order valence-corrected chi connectivity index (χ2v) is 8.39. The standard InChI is InChI=1S/C19H37N5O2/c1-6-20-18(21-13-16(26-5)19(2,3)4)24-11-9-23(10-12-24)14-17(25)22-15-7-8-15/h15-16H,6-14H2,1-5H3,(H,20,21)(H,22,25). The minimum atomic E-state index is 0.0587. The van der Waals surface area contributed by atoms with Crippen molar-refractivity contribution in [3.63, 3.8) is 0 Å². The van der Waals surface area contributed by atoms with Crippen LogP contribution in [0, 0.1) is 5.41 Å². The second kappa shape index (κ2) is 9.55. The van der Waals surface area contributed by atoms with Gasteiger partial charge in [0.25, 0.3) is 0 Å². The number of hydrogen-bond donors (Lipinski definition) is 2. The maximum Gasteiger partial charge on any atom is 0.234 e. The van der Waals surface area contributed by atoms with Gasteiger partial charge in [0.2, 0.25) is 5.91 Å². The van der Waals surface area contributed by atoms with Crippen molar-refractivity contribution in [1.29, 1.82) is 0 Å². The number of methoxy groups -OCH3 is 1. The third-order valence-electron chi connectivity index (χ3n) is 4.97. The molecule has 7 heteroatoms. The van der Waals surface area contributed by atoms with Crippen LogP contribution in [0.3, 0.4) is 0 Å². The molecule has 1 aliphatic carbocycles. The van der Waals surface area contributed by atoms with Crippen LogP contribution < -0.4 is 10.6 Å². The van der Waals surface area contributed by atoms with E-state index in [0.717, 1.165) is 51.5 Å². The van der Waals surface area contributed by atoms with Gasteiger partial charge in [-0.25, -0.2) is 0 Å². The Morgan fingerprint density at radius 3 is 2.38 bits per heavy atom. The number of ether oxygens (including phenoxy) is 1. The first-order chi connectivity index (χ1) is 12.3. The van der Waals surface area contributed by atoms with Crippen LogP contribution in [0.5, 0.6) is 0 Å². The quantitative estimate of drug-likeness (QED) is 0.517. The number of hydrogen-bond acceptors (Lipinski definition) is 4. The molecule has 0 radical (unpaired) electrons. The van der Waals surface area contributed by atoms with Gasteiger partial charge in [0, 0.05) is 45.9 Å². The van der Waals surface area contributed by atoms with Crippen LogP contribution in [0.15, 0.2) is 4.99 Å². The van der Waals surface area contributed by atoms with Crippen LogP contribution in [-0.2, 0) is 9.53 Å². The Hall–Kier alpha value is -1.34. The highest BCUT2D eigenvalue weighted by atomic mass is 16.5. The summed E-state index contributed by atoms with van der Waals surface area (Å²) in [6.07, 6.45) is 2.36. The molecule has 0 aromatic rings. The van der Waals surface area contributed by atoms with Crippen molar-refractivity contribution in [2.24, 2.45) is 10.4 Å². The minimum Gasteiger partial charge on any atom is -0.379 e. The molecule has 1 unspecified atom stereocenters. The lowest BCUT2D eigenvalue weighted by Gasteiger charge is -2.36. The number of carbonyl (C=O) groups is 1. The average Bonchev–Trinajstić information content (AvgIpc) is 3.38. The first kappa shape index (κ1) is 21.0. The molecule has 150 valence electrons. The van der Waals surface area contributed by atoms with E-state index in [1.807, 2.05) is 0 Å². The van der Waals surface area contributed by atoms with Crippen LogP contribution in [0.25, 0.3) is 0 Å². The van der Waals surface area contributed by atoms with Gasteiger partial charge in [-0.05, 0) is 25.2 Å². The molecule has 1 saturated carbocycles. The molecule has 26 heavy (non-hydrogen) atoms. The first-order valence-electron chi connectivity index (χ1n) is 9.91. The van der Waals surface area contributed by atoms with Gasteiger partial charge < -0.3 is 20.3 Å². The van der Waals surface area contributed by atoms with E-state index in [-0.39, 0.29) is 17.4 Å². The molecule has 2 N–H and O–H groups in total. The minimum absolute atomic E-state index is 0.0587. The number of aliphatic imine (C=N–C) groups is 1. The predicted molar refractivity (Wildman–Crippen MR) is 105 cm³/mol. The normalized spacial score (nSPS) is 20.8. The number of carbonyl (C=O) groups excluding carboxylic acids is 1. The van der Waals surface area contributed by atoms with Crippen LogP contribution in [-0.4, -0.2) is 86.7 Å². The number of nitrogens with zero attached hydrogens (tertiary/aromatic N) is 3. The molecule has 2 fully saturated rings. The Balaban J connectivity index is 1.84. The lowest BCUT2D eigenvalue weighted by atomic mass is 9.89. The van der Waals surface area contributed by atoms with Crippen molar-refractivity contribution in [3.8, 4) is 0 Å². The van der Waals surface area contributed by atoms with E-state index in [0.29, 0.717) is 19.1 Å². The Morgan fingerprint density at radius 2 is 1.88 bits per heavy atom. The second-order valence-electron chi connectivity index (χ2n) is 8.39. The molecule has 2 aliphatic rings. The summed E-state index contributed by atoms with van der Waals surface area (Å²) >= 11 is 0. The number of piperazine rings is 1. The zero-order valence-corrected chi connectivity index (χ0v) is 17.2. The highest BCUT2D eigenvalue weighted by molar-refractivity contribution is 5.80.